The zero-order valence-electron chi connectivity index (χ0n) is 12.2. The van der Waals surface area contributed by atoms with E-state index in [9.17, 15) is 4.79 Å². The van der Waals surface area contributed by atoms with Gasteiger partial charge in [0.05, 0.1) is 6.54 Å². The molecule has 3 rings (SSSR count). The van der Waals surface area contributed by atoms with E-state index in [0.717, 1.165) is 31.1 Å². The third kappa shape index (κ3) is 3.31. The molecule has 1 saturated heterocycles. The Hall–Kier alpha value is -2.14. The van der Waals surface area contributed by atoms with Crippen molar-refractivity contribution in [2.75, 3.05) is 25.0 Å². The second kappa shape index (κ2) is 6.10. The van der Waals surface area contributed by atoms with E-state index in [2.05, 4.69) is 21.9 Å². The number of aromatic nitrogens is 2. The van der Waals surface area contributed by atoms with Gasteiger partial charge in [0, 0.05) is 37.6 Å². The van der Waals surface area contributed by atoms with Crippen LogP contribution in [0.25, 0.3) is 0 Å². The summed E-state index contributed by atoms with van der Waals surface area (Å²) in [4.78, 5) is 23.6. The summed E-state index contributed by atoms with van der Waals surface area (Å²) in [5.41, 5.74) is 0.999. The van der Waals surface area contributed by atoms with Crippen LogP contribution in [0.2, 0.25) is 0 Å². The molecule has 21 heavy (non-hydrogen) atoms. The number of nitrogens with zero attached hydrogens (tertiary/aromatic N) is 3. The van der Waals surface area contributed by atoms with Crippen LogP contribution < -0.4 is 4.90 Å². The van der Waals surface area contributed by atoms with Gasteiger partial charge in [-0.3, -0.25) is 9.69 Å². The molecule has 2 heterocycles. The predicted octanol–water partition coefficient (Wildman–Crippen LogP) is 1.89. The summed E-state index contributed by atoms with van der Waals surface area (Å²) in [6.07, 6.45) is 4.22. The fourth-order valence-corrected chi connectivity index (χ4v) is 2.91. The van der Waals surface area contributed by atoms with Crippen molar-refractivity contribution in [2.45, 2.75) is 13.0 Å². The predicted molar refractivity (Wildman–Crippen MR) is 81.8 cm³/mol. The molecule has 5 nitrogen and oxygen atoms in total. The Morgan fingerprint density at radius 3 is 2.90 bits per heavy atom. The van der Waals surface area contributed by atoms with Crippen LogP contribution in [0.3, 0.4) is 0 Å². The molecule has 5 heteroatoms. The van der Waals surface area contributed by atoms with Gasteiger partial charge in [-0.25, -0.2) is 4.98 Å². The molecule has 0 spiro atoms. The van der Waals surface area contributed by atoms with Gasteiger partial charge >= 0.3 is 0 Å². The van der Waals surface area contributed by atoms with Crippen LogP contribution in [0.1, 0.15) is 12.2 Å². The Balaban J connectivity index is 1.57. The number of H-pyrrole nitrogens is 1. The van der Waals surface area contributed by atoms with Crippen molar-refractivity contribution in [1.82, 2.24) is 14.9 Å². The van der Waals surface area contributed by atoms with Crippen molar-refractivity contribution in [2.24, 2.45) is 5.92 Å². The summed E-state index contributed by atoms with van der Waals surface area (Å²) < 4.78 is 0. The van der Waals surface area contributed by atoms with Crippen molar-refractivity contribution in [3.05, 3.63) is 48.5 Å². The molecule has 1 aliphatic rings. The number of carbonyl (C=O) groups excluding carboxylic acids is 1. The number of hydrogen-bond acceptors (Lipinski definition) is 3. The number of imidazole rings is 1. The fraction of sp³-hybridized carbons (Fsp3) is 0.375. The standard InChI is InChI=1S/C16H20N4O/c1-19(12-15-17-7-8-18-15)10-13-9-16(21)20(11-13)14-5-3-2-4-6-14/h2-8,13H,9-12H2,1H3,(H,17,18)/t13-/m0/s1. The van der Waals surface area contributed by atoms with Gasteiger partial charge in [0.1, 0.15) is 5.82 Å². The Bertz CT molecular complexity index is 582. The maximum Gasteiger partial charge on any atom is 0.227 e. The van der Waals surface area contributed by atoms with Crippen LogP contribution >= 0.6 is 0 Å². The number of anilines is 1. The first-order valence-electron chi connectivity index (χ1n) is 7.24. The molecular formula is C16H20N4O. The van der Waals surface area contributed by atoms with Crippen LogP contribution in [0.4, 0.5) is 5.69 Å². The number of para-hydroxylation sites is 1. The highest BCUT2D eigenvalue weighted by Crippen LogP contribution is 2.25. The van der Waals surface area contributed by atoms with Gasteiger partial charge in [-0.05, 0) is 25.1 Å². The van der Waals surface area contributed by atoms with E-state index in [4.69, 9.17) is 0 Å². The van der Waals surface area contributed by atoms with Crippen LogP contribution in [0.5, 0.6) is 0 Å². The molecule has 110 valence electrons. The molecule has 1 aromatic carbocycles. The summed E-state index contributed by atoms with van der Waals surface area (Å²) in [7, 11) is 2.07. The Kier molecular flexibility index (Phi) is 4.01. The third-order valence-electron chi connectivity index (χ3n) is 3.82. The number of benzene rings is 1. The molecule has 0 aliphatic carbocycles. The minimum Gasteiger partial charge on any atom is -0.348 e. The number of nitrogens with one attached hydrogen (secondary N) is 1. The van der Waals surface area contributed by atoms with E-state index in [0.29, 0.717) is 12.3 Å². The summed E-state index contributed by atoms with van der Waals surface area (Å²) in [6.45, 7) is 2.48. The van der Waals surface area contributed by atoms with Crippen molar-refractivity contribution < 1.29 is 4.79 Å². The van der Waals surface area contributed by atoms with Crippen molar-refractivity contribution in [3.63, 3.8) is 0 Å². The zero-order chi connectivity index (χ0) is 14.7. The van der Waals surface area contributed by atoms with Crippen LogP contribution in [-0.4, -0.2) is 40.9 Å². The number of rotatable bonds is 5. The lowest BCUT2D eigenvalue weighted by atomic mass is 10.1. The Morgan fingerprint density at radius 2 is 2.19 bits per heavy atom. The minimum absolute atomic E-state index is 0.220. The van der Waals surface area contributed by atoms with E-state index in [-0.39, 0.29) is 5.91 Å². The topological polar surface area (TPSA) is 52.2 Å². The molecule has 1 fully saturated rings. The van der Waals surface area contributed by atoms with Crippen molar-refractivity contribution in [1.29, 1.82) is 0 Å². The Morgan fingerprint density at radius 1 is 1.38 bits per heavy atom. The van der Waals surface area contributed by atoms with Gasteiger partial charge in [0.25, 0.3) is 0 Å². The lowest BCUT2D eigenvalue weighted by Crippen LogP contribution is -2.29. The maximum absolute atomic E-state index is 12.2. The van der Waals surface area contributed by atoms with E-state index in [1.807, 2.05) is 41.4 Å². The van der Waals surface area contributed by atoms with Gasteiger partial charge < -0.3 is 9.88 Å². The molecular weight excluding hydrogens is 264 g/mol. The summed E-state index contributed by atoms with van der Waals surface area (Å²) in [6, 6.07) is 9.90. The van der Waals surface area contributed by atoms with Gasteiger partial charge in [-0.1, -0.05) is 18.2 Å². The molecule has 1 amide bonds. The number of hydrogen-bond donors (Lipinski definition) is 1. The summed E-state index contributed by atoms with van der Waals surface area (Å²) in [5, 5.41) is 0. The molecule has 0 saturated carbocycles. The highest BCUT2D eigenvalue weighted by molar-refractivity contribution is 5.95. The van der Waals surface area contributed by atoms with Crippen LogP contribution in [-0.2, 0) is 11.3 Å². The van der Waals surface area contributed by atoms with Gasteiger partial charge in [-0.2, -0.15) is 0 Å². The van der Waals surface area contributed by atoms with Gasteiger partial charge in [0.15, 0.2) is 0 Å². The molecule has 1 atom stereocenters. The number of aromatic amines is 1. The number of amides is 1. The average Bonchev–Trinajstić information content (AvgIpc) is 3.09. The molecule has 0 radical (unpaired) electrons. The highest BCUT2D eigenvalue weighted by atomic mass is 16.2. The van der Waals surface area contributed by atoms with Gasteiger partial charge in [0.2, 0.25) is 5.91 Å². The largest absolute Gasteiger partial charge is 0.348 e. The van der Waals surface area contributed by atoms with E-state index < -0.39 is 0 Å². The number of carbonyl (C=O) groups is 1. The smallest absolute Gasteiger partial charge is 0.227 e. The second-order valence-corrected chi connectivity index (χ2v) is 5.64. The normalized spacial score (nSPS) is 18.7. The van der Waals surface area contributed by atoms with Crippen molar-refractivity contribution in [3.8, 4) is 0 Å². The molecule has 1 aliphatic heterocycles. The second-order valence-electron chi connectivity index (χ2n) is 5.64. The fourth-order valence-electron chi connectivity index (χ4n) is 2.91. The lowest BCUT2D eigenvalue weighted by Gasteiger charge is -2.20. The van der Waals surface area contributed by atoms with E-state index in [1.54, 1.807) is 6.20 Å². The van der Waals surface area contributed by atoms with Crippen LogP contribution in [0.15, 0.2) is 42.7 Å². The first kappa shape index (κ1) is 13.8. The van der Waals surface area contributed by atoms with Gasteiger partial charge in [-0.15, -0.1) is 0 Å². The van der Waals surface area contributed by atoms with E-state index in [1.165, 1.54) is 0 Å². The summed E-state index contributed by atoms with van der Waals surface area (Å²) >= 11 is 0. The SMILES string of the molecule is CN(Cc1ncc[nH]1)C[C@@H]1CC(=O)N(c2ccccc2)C1. The molecule has 2 aromatic rings. The average molecular weight is 284 g/mol. The zero-order valence-corrected chi connectivity index (χ0v) is 12.2. The minimum atomic E-state index is 0.220. The maximum atomic E-state index is 12.2. The first-order chi connectivity index (χ1) is 10.2. The molecule has 1 aromatic heterocycles. The highest BCUT2D eigenvalue weighted by Gasteiger charge is 2.31. The molecule has 1 N–H and O–H groups in total. The molecule has 0 bridgehead atoms. The quantitative estimate of drug-likeness (QED) is 0.912. The third-order valence-corrected chi connectivity index (χ3v) is 3.82. The lowest BCUT2D eigenvalue weighted by molar-refractivity contribution is -0.117. The Labute approximate surface area is 124 Å². The monoisotopic (exact) mass is 284 g/mol. The van der Waals surface area contributed by atoms with Crippen LogP contribution in [0, 0.1) is 5.92 Å². The van der Waals surface area contributed by atoms with Crippen molar-refractivity contribution >= 4 is 11.6 Å². The van der Waals surface area contributed by atoms with E-state index >= 15 is 0 Å². The first-order valence-corrected chi connectivity index (χ1v) is 7.24. The summed E-state index contributed by atoms with van der Waals surface area (Å²) in [5.74, 6) is 1.55. The molecule has 0 unspecified atom stereocenters.